The fraction of sp³-hybridized carbons (Fsp3) is 0.143. The van der Waals surface area contributed by atoms with Crippen LogP contribution in [0, 0.1) is 0 Å². The Balaban J connectivity index is 1.86. The van der Waals surface area contributed by atoms with Crippen LogP contribution in [0.3, 0.4) is 0 Å². The minimum atomic E-state index is -0.925. The highest BCUT2D eigenvalue weighted by atomic mass is 32.2. The van der Waals surface area contributed by atoms with E-state index in [0.717, 1.165) is 10.8 Å². The Hall–Kier alpha value is -2.41. The molecule has 0 atom stereocenters. The zero-order chi connectivity index (χ0) is 14.7. The van der Waals surface area contributed by atoms with Gasteiger partial charge in [-0.2, -0.15) is 0 Å². The number of rotatable bonds is 5. The SMILES string of the molecule is O=C(O)Cn1cnc2c(SCc3ccccc3)ncnc21. The number of hydrogen-bond acceptors (Lipinski definition) is 5. The molecular weight excluding hydrogens is 288 g/mol. The zero-order valence-electron chi connectivity index (χ0n) is 11.0. The molecule has 0 saturated heterocycles. The lowest BCUT2D eigenvalue weighted by Crippen LogP contribution is -2.08. The van der Waals surface area contributed by atoms with Crippen LogP contribution in [0.1, 0.15) is 5.56 Å². The highest BCUT2D eigenvalue weighted by molar-refractivity contribution is 7.98. The monoisotopic (exact) mass is 300 g/mol. The third-order valence-corrected chi connectivity index (χ3v) is 3.94. The maximum Gasteiger partial charge on any atom is 0.323 e. The van der Waals surface area contributed by atoms with Gasteiger partial charge in [0.15, 0.2) is 5.65 Å². The Kier molecular flexibility index (Phi) is 3.83. The maximum absolute atomic E-state index is 10.8. The third-order valence-electron chi connectivity index (χ3n) is 2.89. The first-order valence-corrected chi connectivity index (χ1v) is 7.27. The average molecular weight is 300 g/mol. The number of thioether (sulfide) groups is 1. The lowest BCUT2D eigenvalue weighted by molar-refractivity contribution is -0.137. The summed E-state index contributed by atoms with van der Waals surface area (Å²) < 4.78 is 1.51. The Bertz CT molecular complexity index is 773. The first-order chi connectivity index (χ1) is 10.2. The highest BCUT2D eigenvalue weighted by Gasteiger charge is 2.12. The first kappa shape index (κ1) is 13.6. The molecule has 1 N–H and O–H groups in total. The first-order valence-electron chi connectivity index (χ1n) is 6.28. The summed E-state index contributed by atoms with van der Waals surface area (Å²) in [6.07, 6.45) is 2.93. The molecule has 0 radical (unpaired) electrons. The molecule has 0 aliphatic heterocycles. The van der Waals surface area contributed by atoms with Gasteiger partial charge >= 0.3 is 5.97 Å². The molecule has 0 amide bonds. The molecule has 21 heavy (non-hydrogen) atoms. The van der Waals surface area contributed by atoms with Crippen molar-refractivity contribution < 1.29 is 9.90 Å². The number of carbonyl (C=O) groups is 1. The van der Waals surface area contributed by atoms with Gasteiger partial charge in [-0.25, -0.2) is 15.0 Å². The number of imidazole rings is 1. The van der Waals surface area contributed by atoms with Crippen molar-refractivity contribution in [2.24, 2.45) is 0 Å². The molecule has 2 aromatic heterocycles. The summed E-state index contributed by atoms with van der Waals surface area (Å²) in [5, 5.41) is 9.63. The van der Waals surface area contributed by atoms with E-state index in [1.165, 1.54) is 22.8 Å². The number of hydrogen-bond donors (Lipinski definition) is 1. The van der Waals surface area contributed by atoms with Crippen LogP contribution in [0.5, 0.6) is 0 Å². The minimum Gasteiger partial charge on any atom is -0.480 e. The molecule has 0 fully saturated rings. The van der Waals surface area contributed by atoms with Gasteiger partial charge in [-0.3, -0.25) is 4.79 Å². The summed E-state index contributed by atoms with van der Waals surface area (Å²) >= 11 is 1.56. The van der Waals surface area contributed by atoms with Gasteiger partial charge in [-0.1, -0.05) is 42.1 Å². The molecular formula is C14H12N4O2S. The van der Waals surface area contributed by atoms with Gasteiger partial charge in [0.25, 0.3) is 0 Å². The van der Waals surface area contributed by atoms with Crippen molar-refractivity contribution in [3.05, 3.63) is 48.5 Å². The number of benzene rings is 1. The largest absolute Gasteiger partial charge is 0.480 e. The van der Waals surface area contributed by atoms with Crippen molar-refractivity contribution in [3.63, 3.8) is 0 Å². The van der Waals surface area contributed by atoms with Gasteiger partial charge in [0.2, 0.25) is 0 Å². The van der Waals surface area contributed by atoms with E-state index >= 15 is 0 Å². The van der Waals surface area contributed by atoms with Crippen LogP contribution in [0.15, 0.2) is 48.0 Å². The smallest absolute Gasteiger partial charge is 0.323 e. The molecule has 2 heterocycles. The quantitative estimate of drug-likeness (QED) is 0.574. The number of aliphatic carboxylic acids is 1. The topological polar surface area (TPSA) is 80.9 Å². The number of aromatic nitrogens is 4. The molecule has 0 unspecified atom stereocenters. The number of nitrogens with zero attached hydrogens (tertiary/aromatic N) is 4. The molecule has 0 aliphatic carbocycles. The van der Waals surface area contributed by atoms with E-state index in [1.807, 2.05) is 18.2 Å². The lowest BCUT2D eigenvalue weighted by Gasteiger charge is -2.02. The molecule has 106 valence electrons. The van der Waals surface area contributed by atoms with E-state index in [-0.39, 0.29) is 6.54 Å². The van der Waals surface area contributed by atoms with Crippen LogP contribution in [0.4, 0.5) is 0 Å². The number of carboxylic acids is 1. The standard InChI is InChI=1S/C14H12N4O2S/c19-11(20)6-18-9-17-12-13(18)15-8-16-14(12)21-7-10-4-2-1-3-5-10/h1-5,8-9H,6-7H2,(H,19,20). The second-order valence-corrected chi connectivity index (χ2v) is 5.36. The molecule has 0 bridgehead atoms. The molecule has 0 spiro atoms. The summed E-state index contributed by atoms with van der Waals surface area (Å²) in [4.78, 5) is 23.4. The molecule has 7 heteroatoms. The predicted molar refractivity (Wildman–Crippen MR) is 79.0 cm³/mol. The molecule has 6 nitrogen and oxygen atoms in total. The van der Waals surface area contributed by atoms with E-state index in [2.05, 4.69) is 27.1 Å². The summed E-state index contributed by atoms with van der Waals surface area (Å²) in [5.74, 6) is -0.148. The molecule has 0 saturated carbocycles. The summed E-state index contributed by atoms with van der Waals surface area (Å²) in [7, 11) is 0. The zero-order valence-corrected chi connectivity index (χ0v) is 11.8. The summed E-state index contributed by atoms with van der Waals surface area (Å²) in [5.41, 5.74) is 2.38. The molecule has 3 aromatic rings. The maximum atomic E-state index is 10.8. The van der Waals surface area contributed by atoms with Crippen LogP contribution in [-0.2, 0) is 17.1 Å². The van der Waals surface area contributed by atoms with Crippen LogP contribution < -0.4 is 0 Å². The summed E-state index contributed by atoms with van der Waals surface area (Å²) in [6, 6.07) is 10.1. The minimum absolute atomic E-state index is 0.156. The average Bonchev–Trinajstić information content (AvgIpc) is 2.89. The van der Waals surface area contributed by atoms with Crippen LogP contribution >= 0.6 is 11.8 Å². The van der Waals surface area contributed by atoms with Crippen LogP contribution in [0.2, 0.25) is 0 Å². The van der Waals surface area contributed by atoms with E-state index < -0.39 is 5.97 Å². The predicted octanol–water partition coefficient (Wildman–Crippen LogP) is 2.20. The normalized spacial score (nSPS) is 10.9. The van der Waals surface area contributed by atoms with E-state index in [9.17, 15) is 4.79 Å². The van der Waals surface area contributed by atoms with Gasteiger partial charge in [0.1, 0.15) is 23.4 Å². The van der Waals surface area contributed by atoms with Crippen LogP contribution in [-0.4, -0.2) is 30.6 Å². The lowest BCUT2D eigenvalue weighted by atomic mass is 10.2. The van der Waals surface area contributed by atoms with Crippen molar-refractivity contribution in [1.29, 1.82) is 0 Å². The van der Waals surface area contributed by atoms with E-state index in [1.54, 1.807) is 11.8 Å². The Morgan fingerprint density at radius 3 is 2.76 bits per heavy atom. The third kappa shape index (κ3) is 3.03. The molecule has 3 rings (SSSR count). The fourth-order valence-corrected chi connectivity index (χ4v) is 2.85. The fourth-order valence-electron chi connectivity index (χ4n) is 1.95. The van der Waals surface area contributed by atoms with E-state index in [4.69, 9.17) is 5.11 Å². The van der Waals surface area contributed by atoms with Gasteiger partial charge in [-0.15, -0.1) is 0 Å². The number of carboxylic acid groups (broad SMARTS) is 1. The highest BCUT2D eigenvalue weighted by Crippen LogP contribution is 2.26. The Labute approximate surface area is 124 Å². The van der Waals surface area contributed by atoms with Crippen molar-refractivity contribution in [2.75, 3.05) is 0 Å². The second kappa shape index (κ2) is 5.92. The van der Waals surface area contributed by atoms with Crippen molar-refractivity contribution in [2.45, 2.75) is 17.3 Å². The Morgan fingerprint density at radius 1 is 1.19 bits per heavy atom. The van der Waals surface area contributed by atoms with Crippen molar-refractivity contribution in [3.8, 4) is 0 Å². The van der Waals surface area contributed by atoms with Gasteiger partial charge in [0.05, 0.1) is 6.33 Å². The second-order valence-electron chi connectivity index (χ2n) is 4.39. The van der Waals surface area contributed by atoms with Gasteiger partial charge in [-0.05, 0) is 5.56 Å². The van der Waals surface area contributed by atoms with E-state index in [0.29, 0.717) is 11.2 Å². The Morgan fingerprint density at radius 2 is 2.00 bits per heavy atom. The van der Waals surface area contributed by atoms with Gasteiger partial charge in [0, 0.05) is 5.75 Å². The van der Waals surface area contributed by atoms with Crippen molar-refractivity contribution >= 4 is 28.9 Å². The molecule has 0 aliphatic rings. The van der Waals surface area contributed by atoms with Crippen LogP contribution in [0.25, 0.3) is 11.2 Å². The summed E-state index contributed by atoms with van der Waals surface area (Å²) in [6.45, 7) is -0.156. The number of fused-ring (bicyclic) bond motifs is 1. The van der Waals surface area contributed by atoms with Crippen molar-refractivity contribution in [1.82, 2.24) is 19.5 Å². The molecule has 1 aromatic carbocycles. The van der Waals surface area contributed by atoms with Gasteiger partial charge < -0.3 is 9.67 Å².